The molecule has 0 amide bonds. The van der Waals surface area contributed by atoms with Crippen molar-refractivity contribution in [2.45, 2.75) is 20.8 Å². The molecule has 0 saturated heterocycles. The van der Waals surface area contributed by atoms with Gasteiger partial charge < -0.3 is 0 Å². The van der Waals surface area contributed by atoms with E-state index in [2.05, 4.69) is 44.1 Å². The molecule has 0 aromatic carbocycles. The number of hydrogen-bond donors (Lipinski definition) is 0. The summed E-state index contributed by atoms with van der Waals surface area (Å²) >= 11 is 4.50. The van der Waals surface area contributed by atoms with Gasteiger partial charge in [-0.1, -0.05) is 0 Å². The molecule has 0 aromatic rings. The van der Waals surface area contributed by atoms with E-state index >= 15 is 0 Å². The van der Waals surface area contributed by atoms with Gasteiger partial charge in [0.25, 0.3) is 0 Å². The third-order valence-corrected chi connectivity index (χ3v) is 14.4. The Kier molecular flexibility index (Phi) is 9.25. The van der Waals surface area contributed by atoms with Gasteiger partial charge in [-0.2, -0.15) is 0 Å². The van der Waals surface area contributed by atoms with Crippen molar-refractivity contribution in [3.05, 3.63) is 0 Å². The monoisotopic (exact) mass is 482 g/mol. The van der Waals surface area contributed by atoms with Crippen molar-refractivity contribution < 1.29 is 18.1 Å². The van der Waals surface area contributed by atoms with Crippen LogP contribution in [0.15, 0.2) is 0 Å². The van der Waals surface area contributed by atoms with Gasteiger partial charge >= 0.3 is 119 Å². The summed E-state index contributed by atoms with van der Waals surface area (Å²) in [7, 11) is -2.95. The van der Waals surface area contributed by atoms with E-state index in [9.17, 15) is 4.57 Å². The van der Waals surface area contributed by atoms with Gasteiger partial charge in [0, 0.05) is 0 Å². The molecule has 0 heterocycles. The summed E-state index contributed by atoms with van der Waals surface area (Å²) in [5.74, 6) is 0.399. The summed E-state index contributed by atoms with van der Waals surface area (Å²) in [6.45, 7) is 7.01. The van der Waals surface area contributed by atoms with E-state index in [1.807, 2.05) is 20.8 Å². The Morgan fingerprint density at radius 1 is 1.07 bits per heavy atom. The predicted molar refractivity (Wildman–Crippen MR) is 83.7 cm³/mol. The zero-order valence-electron chi connectivity index (χ0n) is 9.16. The van der Waals surface area contributed by atoms with Crippen LogP contribution in [0.1, 0.15) is 20.8 Å². The minimum absolute atomic E-state index is 0.399. The van der Waals surface area contributed by atoms with Gasteiger partial charge in [-0.15, -0.1) is 0 Å². The average molecular weight is 482 g/mol. The van der Waals surface area contributed by atoms with Crippen LogP contribution in [-0.4, -0.2) is 25.7 Å². The van der Waals surface area contributed by atoms with Crippen LogP contribution in [0.2, 0.25) is 0 Å². The molecular weight excluding hydrogens is 464 g/mol. The standard InChI is InChI=1S/C7H18I2O4P2/c1-4-11-14(8,9)7-15(10,12-5-2)13-6-3/h14H,4-7H2,1-3H3. The van der Waals surface area contributed by atoms with Gasteiger partial charge in [0.15, 0.2) is 0 Å². The summed E-state index contributed by atoms with van der Waals surface area (Å²) in [6.07, 6.45) is 0. The second kappa shape index (κ2) is 8.16. The molecule has 0 aliphatic carbocycles. The van der Waals surface area contributed by atoms with Crippen LogP contribution < -0.4 is 0 Å². The molecule has 0 aromatic heterocycles. The maximum absolute atomic E-state index is 12.2. The topological polar surface area (TPSA) is 44.8 Å². The third-order valence-electron chi connectivity index (χ3n) is 1.38. The number of rotatable bonds is 8. The molecule has 0 spiro atoms. The van der Waals surface area contributed by atoms with Gasteiger partial charge in [-0.3, -0.25) is 0 Å². The van der Waals surface area contributed by atoms with Crippen LogP contribution in [0.4, 0.5) is 0 Å². The molecule has 94 valence electrons. The Balaban J connectivity index is 4.45. The Bertz CT molecular complexity index is 215. The van der Waals surface area contributed by atoms with E-state index in [0.29, 0.717) is 25.7 Å². The van der Waals surface area contributed by atoms with Crippen molar-refractivity contribution in [1.29, 1.82) is 0 Å². The van der Waals surface area contributed by atoms with Gasteiger partial charge in [-0.05, 0) is 0 Å². The number of hydrogen-bond acceptors (Lipinski definition) is 4. The van der Waals surface area contributed by atoms with E-state index in [1.165, 1.54) is 0 Å². The number of halogens is 2. The van der Waals surface area contributed by atoms with Gasteiger partial charge in [0.05, 0.1) is 0 Å². The summed E-state index contributed by atoms with van der Waals surface area (Å²) in [5.41, 5.74) is 0. The first-order valence-electron chi connectivity index (χ1n) is 4.79. The summed E-state index contributed by atoms with van der Waals surface area (Å²) in [6, 6.07) is 0. The molecule has 0 atom stereocenters. The van der Waals surface area contributed by atoms with Crippen molar-refractivity contribution in [3.8, 4) is 0 Å². The molecule has 15 heavy (non-hydrogen) atoms. The quantitative estimate of drug-likeness (QED) is 0.375. The first kappa shape index (κ1) is 17.0. The molecule has 0 saturated carbocycles. The molecular formula is C7H18I2O4P2. The molecule has 0 aliphatic heterocycles. The Morgan fingerprint density at radius 3 is 1.87 bits per heavy atom. The van der Waals surface area contributed by atoms with Crippen LogP contribution in [0.25, 0.3) is 0 Å². The molecule has 0 rings (SSSR count). The Hall–Kier alpha value is 2.00. The Labute approximate surface area is 118 Å². The van der Waals surface area contributed by atoms with Crippen LogP contribution in [-0.2, 0) is 18.1 Å². The normalized spacial score (nSPS) is 14.2. The van der Waals surface area contributed by atoms with Gasteiger partial charge in [0.2, 0.25) is 0 Å². The van der Waals surface area contributed by atoms with Crippen molar-refractivity contribution in [2.75, 3.05) is 25.7 Å². The van der Waals surface area contributed by atoms with E-state index in [1.54, 1.807) is 0 Å². The average Bonchev–Trinajstić information content (AvgIpc) is 2.02. The molecule has 0 bridgehead atoms. The predicted octanol–water partition coefficient (Wildman–Crippen LogP) is 4.61. The van der Waals surface area contributed by atoms with Gasteiger partial charge in [-0.25, -0.2) is 0 Å². The third kappa shape index (κ3) is 7.84. The zero-order valence-corrected chi connectivity index (χ0v) is 15.4. The Morgan fingerprint density at radius 2 is 1.53 bits per heavy atom. The van der Waals surface area contributed by atoms with Crippen molar-refractivity contribution in [1.82, 2.24) is 0 Å². The summed E-state index contributed by atoms with van der Waals surface area (Å²) in [5, 5.41) is 0. The molecule has 4 nitrogen and oxygen atoms in total. The SMILES string of the molecule is CCOP(=O)(C[PH](I)(I)OCC)OCC. The molecule has 0 radical (unpaired) electrons. The fourth-order valence-corrected chi connectivity index (χ4v) is 14.6. The zero-order chi connectivity index (χ0) is 11.9. The summed E-state index contributed by atoms with van der Waals surface area (Å²) < 4.78 is 26.3. The maximum atomic E-state index is 12.2. The van der Waals surface area contributed by atoms with E-state index in [0.717, 1.165) is 0 Å². The van der Waals surface area contributed by atoms with Crippen LogP contribution in [0.5, 0.6) is 0 Å². The molecule has 0 unspecified atom stereocenters. The first-order valence-corrected chi connectivity index (χ1v) is 14.9. The first-order chi connectivity index (χ1) is 6.89. The second-order valence-corrected chi connectivity index (χ2v) is 23.9. The molecule has 8 heteroatoms. The molecule has 0 N–H and O–H groups in total. The molecule has 0 fully saturated rings. The minimum atomic E-state index is -2.95. The van der Waals surface area contributed by atoms with Crippen molar-refractivity contribution >= 4 is 54.5 Å². The van der Waals surface area contributed by atoms with E-state index < -0.39 is 10.4 Å². The fraction of sp³-hybridized carbons (Fsp3) is 1.00. The summed E-state index contributed by atoms with van der Waals surface area (Å²) in [4.78, 5) is 0. The van der Waals surface area contributed by atoms with Crippen LogP contribution in [0.3, 0.4) is 0 Å². The van der Waals surface area contributed by atoms with Crippen molar-refractivity contribution in [2.24, 2.45) is 0 Å². The van der Waals surface area contributed by atoms with Crippen LogP contribution >= 0.6 is 54.5 Å². The van der Waals surface area contributed by atoms with E-state index in [-0.39, 0.29) is 0 Å². The van der Waals surface area contributed by atoms with E-state index in [4.69, 9.17) is 13.6 Å². The second-order valence-electron chi connectivity index (χ2n) is 2.67. The van der Waals surface area contributed by atoms with Crippen LogP contribution in [0, 0.1) is 0 Å². The van der Waals surface area contributed by atoms with Gasteiger partial charge in [0.1, 0.15) is 0 Å². The fourth-order valence-electron chi connectivity index (χ4n) is 1.00. The molecule has 0 aliphatic rings. The van der Waals surface area contributed by atoms with Crippen molar-refractivity contribution in [3.63, 3.8) is 0 Å².